The fourth-order valence-electron chi connectivity index (χ4n) is 3.39. The lowest BCUT2D eigenvalue weighted by atomic mass is 9.78. The van der Waals surface area contributed by atoms with Crippen molar-refractivity contribution in [3.63, 3.8) is 0 Å². The highest BCUT2D eigenvalue weighted by Gasteiger charge is 2.25. The van der Waals surface area contributed by atoms with Gasteiger partial charge in [0, 0.05) is 17.0 Å². The Morgan fingerprint density at radius 1 is 1.20 bits per heavy atom. The first kappa shape index (κ1) is 13.8. The molecule has 1 saturated carbocycles. The van der Waals surface area contributed by atoms with Crippen LogP contribution in [0.4, 0.5) is 0 Å². The van der Waals surface area contributed by atoms with Crippen LogP contribution in [0.3, 0.4) is 0 Å². The van der Waals surface area contributed by atoms with Crippen LogP contribution in [-0.4, -0.2) is 5.78 Å². The number of carbonyl (C=O) groups is 1. The Balaban J connectivity index is 1.67. The molecule has 3 rings (SSSR count). The summed E-state index contributed by atoms with van der Waals surface area (Å²) in [6.07, 6.45) is 6.62. The molecule has 1 aromatic heterocycles. The van der Waals surface area contributed by atoms with Crippen molar-refractivity contribution in [2.24, 2.45) is 11.8 Å². The Labute approximate surface area is 125 Å². The Morgan fingerprint density at radius 3 is 2.70 bits per heavy atom. The molecule has 2 aromatic rings. The van der Waals surface area contributed by atoms with Crippen LogP contribution in [0.15, 0.2) is 29.6 Å². The third kappa shape index (κ3) is 2.80. The largest absolute Gasteiger partial charge is 0.299 e. The summed E-state index contributed by atoms with van der Waals surface area (Å²) in [4.78, 5) is 12.5. The first-order chi connectivity index (χ1) is 9.78. The lowest BCUT2D eigenvalue weighted by Crippen LogP contribution is -2.22. The number of benzene rings is 1. The van der Waals surface area contributed by atoms with Crippen LogP contribution in [0, 0.1) is 11.8 Å². The van der Waals surface area contributed by atoms with E-state index in [1.807, 2.05) is 0 Å². The molecule has 0 saturated heterocycles. The molecule has 0 N–H and O–H groups in total. The van der Waals surface area contributed by atoms with Crippen molar-refractivity contribution >= 4 is 27.2 Å². The number of Topliss-reactive ketones (excluding diaryl/α,β-unsaturated/α-hetero) is 1. The number of hydrogen-bond donors (Lipinski definition) is 0. The number of carbonyl (C=O) groups excluding carboxylic acids is 1. The molecule has 1 nitrogen and oxygen atoms in total. The van der Waals surface area contributed by atoms with Crippen LogP contribution in [0.2, 0.25) is 0 Å². The fourth-order valence-corrected chi connectivity index (χ4v) is 4.36. The molecular weight excluding hydrogens is 264 g/mol. The van der Waals surface area contributed by atoms with Gasteiger partial charge in [0.05, 0.1) is 0 Å². The number of thiophene rings is 1. The van der Waals surface area contributed by atoms with E-state index in [0.717, 1.165) is 18.8 Å². The second-order valence-corrected chi connectivity index (χ2v) is 6.94. The lowest BCUT2D eigenvalue weighted by Gasteiger charge is -2.26. The molecule has 0 unspecified atom stereocenters. The van der Waals surface area contributed by atoms with Gasteiger partial charge in [0.2, 0.25) is 0 Å². The van der Waals surface area contributed by atoms with Gasteiger partial charge >= 0.3 is 0 Å². The topological polar surface area (TPSA) is 17.1 Å². The molecule has 2 heteroatoms. The van der Waals surface area contributed by atoms with Crippen LogP contribution >= 0.6 is 11.3 Å². The smallest absolute Gasteiger partial charge is 0.140 e. The summed E-state index contributed by atoms with van der Waals surface area (Å²) < 4.78 is 1.30. The minimum absolute atomic E-state index is 0.316. The van der Waals surface area contributed by atoms with E-state index in [-0.39, 0.29) is 0 Å². The number of fused-ring (bicyclic) bond motifs is 1. The Bertz CT molecular complexity index is 590. The van der Waals surface area contributed by atoms with Gasteiger partial charge in [-0.15, -0.1) is 11.3 Å². The van der Waals surface area contributed by atoms with E-state index in [0.29, 0.717) is 18.1 Å². The van der Waals surface area contributed by atoms with Crippen molar-refractivity contribution in [1.82, 2.24) is 0 Å². The van der Waals surface area contributed by atoms with Gasteiger partial charge in [0.15, 0.2) is 0 Å². The third-order valence-electron chi connectivity index (χ3n) is 4.81. The minimum atomic E-state index is 0.316. The van der Waals surface area contributed by atoms with Gasteiger partial charge in [-0.3, -0.25) is 4.79 Å². The van der Waals surface area contributed by atoms with E-state index in [9.17, 15) is 4.79 Å². The van der Waals surface area contributed by atoms with E-state index in [1.54, 1.807) is 11.3 Å². The van der Waals surface area contributed by atoms with Gasteiger partial charge < -0.3 is 0 Å². The zero-order chi connectivity index (χ0) is 13.9. The summed E-state index contributed by atoms with van der Waals surface area (Å²) in [5, 5.41) is 3.44. The average molecular weight is 286 g/mol. The van der Waals surface area contributed by atoms with E-state index in [1.165, 1.54) is 34.9 Å². The summed E-state index contributed by atoms with van der Waals surface area (Å²) in [5.41, 5.74) is 1.23. The molecule has 1 heterocycles. The van der Waals surface area contributed by atoms with E-state index in [2.05, 4.69) is 36.6 Å². The van der Waals surface area contributed by atoms with Gasteiger partial charge in [-0.05, 0) is 54.0 Å². The molecule has 0 amide bonds. The quantitative estimate of drug-likeness (QED) is 0.752. The molecule has 1 fully saturated rings. The fraction of sp³-hybridized carbons (Fsp3) is 0.500. The van der Waals surface area contributed by atoms with E-state index >= 15 is 0 Å². The SMILES string of the molecule is CCC1CCC(C(=O)Cc2csc3ccccc23)CC1. The van der Waals surface area contributed by atoms with Gasteiger partial charge in [-0.1, -0.05) is 31.5 Å². The molecule has 1 aromatic carbocycles. The normalized spacial score (nSPS) is 23.1. The number of rotatable bonds is 4. The first-order valence-corrected chi connectivity index (χ1v) is 8.63. The zero-order valence-electron chi connectivity index (χ0n) is 12.1. The molecule has 0 aliphatic heterocycles. The van der Waals surface area contributed by atoms with Crippen LogP contribution in [0.5, 0.6) is 0 Å². The molecule has 20 heavy (non-hydrogen) atoms. The first-order valence-electron chi connectivity index (χ1n) is 7.75. The maximum absolute atomic E-state index is 12.5. The number of ketones is 1. The molecular formula is C18H22OS. The third-order valence-corrected chi connectivity index (χ3v) is 5.82. The van der Waals surface area contributed by atoms with Gasteiger partial charge in [0.25, 0.3) is 0 Å². The van der Waals surface area contributed by atoms with Crippen LogP contribution in [0.1, 0.15) is 44.6 Å². The van der Waals surface area contributed by atoms with Gasteiger partial charge in [-0.25, -0.2) is 0 Å². The number of hydrogen-bond acceptors (Lipinski definition) is 2. The maximum atomic E-state index is 12.5. The predicted molar refractivity (Wildman–Crippen MR) is 86.3 cm³/mol. The van der Waals surface area contributed by atoms with Crippen LogP contribution < -0.4 is 0 Å². The standard InChI is InChI=1S/C18H22OS/c1-2-13-7-9-14(10-8-13)17(19)11-15-12-20-18-6-4-3-5-16(15)18/h3-6,12-14H,2,7-11H2,1H3. The molecule has 0 spiro atoms. The van der Waals surface area contributed by atoms with Gasteiger partial charge in [-0.2, -0.15) is 0 Å². The second kappa shape index (κ2) is 6.09. The molecule has 0 bridgehead atoms. The van der Waals surface area contributed by atoms with Crippen molar-refractivity contribution in [2.45, 2.75) is 45.4 Å². The van der Waals surface area contributed by atoms with Crippen LogP contribution in [0.25, 0.3) is 10.1 Å². The highest BCUT2D eigenvalue weighted by Crippen LogP contribution is 2.33. The second-order valence-electron chi connectivity index (χ2n) is 6.03. The summed E-state index contributed by atoms with van der Waals surface area (Å²) in [7, 11) is 0. The summed E-state index contributed by atoms with van der Waals surface area (Å²) in [6, 6.07) is 8.41. The zero-order valence-corrected chi connectivity index (χ0v) is 12.9. The minimum Gasteiger partial charge on any atom is -0.299 e. The van der Waals surface area contributed by atoms with Crippen molar-refractivity contribution in [3.05, 3.63) is 35.2 Å². The van der Waals surface area contributed by atoms with E-state index < -0.39 is 0 Å². The molecule has 1 aliphatic carbocycles. The Hall–Kier alpha value is -1.15. The highest BCUT2D eigenvalue weighted by atomic mass is 32.1. The summed E-state index contributed by atoms with van der Waals surface area (Å²) >= 11 is 1.75. The monoisotopic (exact) mass is 286 g/mol. The van der Waals surface area contributed by atoms with Crippen molar-refractivity contribution in [3.8, 4) is 0 Å². The van der Waals surface area contributed by atoms with Crippen LogP contribution in [-0.2, 0) is 11.2 Å². The van der Waals surface area contributed by atoms with Gasteiger partial charge in [0.1, 0.15) is 5.78 Å². The molecule has 0 radical (unpaired) electrons. The maximum Gasteiger partial charge on any atom is 0.140 e. The summed E-state index contributed by atoms with van der Waals surface area (Å²) in [5.74, 6) is 1.64. The highest BCUT2D eigenvalue weighted by molar-refractivity contribution is 7.17. The molecule has 1 aliphatic rings. The van der Waals surface area contributed by atoms with E-state index in [4.69, 9.17) is 0 Å². The predicted octanol–water partition coefficient (Wildman–Crippen LogP) is 5.23. The van der Waals surface area contributed by atoms with Crippen molar-refractivity contribution in [2.75, 3.05) is 0 Å². The lowest BCUT2D eigenvalue weighted by molar-refractivity contribution is -0.123. The molecule has 0 atom stereocenters. The summed E-state index contributed by atoms with van der Waals surface area (Å²) in [6.45, 7) is 2.27. The average Bonchev–Trinajstić information content (AvgIpc) is 2.91. The molecule has 106 valence electrons. The van der Waals surface area contributed by atoms with Crippen molar-refractivity contribution < 1.29 is 4.79 Å². The Kier molecular flexibility index (Phi) is 4.21. The Morgan fingerprint density at radius 2 is 1.95 bits per heavy atom. The van der Waals surface area contributed by atoms with Crippen molar-refractivity contribution in [1.29, 1.82) is 0 Å².